The number of nitrogens with zero attached hydrogens (tertiary/aromatic N) is 2. The molecule has 0 amide bonds. The van der Waals surface area contributed by atoms with Gasteiger partial charge in [-0.15, -0.1) is 0 Å². The Morgan fingerprint density at radius 1 is 0.821 bits per heavy atom. The van der Waals surface area contributed by atoms with E-state index in [-0.39, 0.29) is 0 Å². The number of hydrogen-bond donors (Lipinski definition) is 1. The van der Waals surface area contributed by atoms with Crippen LogP contribution in [0.4, 0.5) is 5.69 Å². The molecule has 1 saturated heterocycles. The molecule has 3 aromatic carbocycles. The van der Waals surface area contributed by atoms with Gasteiger partial charge in [0.1, 0.15) is 17.3 Å². The standard InChI is InChI=1S/C23H25N3O2/c1-27-21-9-6-20(7-10-21)25-23(26-13-11-24-12-14-26)19-4-3-18-16-22(28-2)8-5-17(18)15-19/h3-10,15-16,24H,11-14H2,1-2H3. The maximum Gasteiger partial charge on any atom is 0.136 e. The van der Waals surface area contributed by atoms with Crippen molar-refractivity contribution in [3.05, 3.63) is 66.2 Å². The second-order valence-electron chi connectivity index (χ2n) is 6.80. The molecule has 1 heterocycles. The number of aliphatic imine (C=N–C) groups is 1. The van der Waals surface area contributed by atoms with E-state index in [4.69, 9.17) is 14.5 Å². The number of ether oxygens (including phenoxy) is 2. The number of rotatable bonds is 4. The van der Waals surface area contributed by atoms with Crippen molar-refractivity contribution in [1.82, 2.24) is 10.2 Å². The summed E-state index contributed by atoms with van der Waals surface area (Å²) in [6, 6.07) is 20.5. The van der Waals surface area contributed by atoms with Gasteiger partial charge < -0.3 is 19.7 Å². The second-order valence-corrected chi connectivity index (χ2v) is 6.80. The lowest BCUT2D eigenvalue weighted by atomic mass is 10.0. The van der Waals surface area contributed by atoms with Gasteiger partial charge in [0.15, 0.2) is 0 Å². The summed E-state index contributed by atoms with van der Waals surface area (Å²) in [5, 5.41) is 5.75. The van der Waals surface area contributed by atoms with Crippen LogP contribution in [0, 0.1) is 0 Å². The zero-order valence-electron chi connectivity index (χ0n) is 16.3. The first kappa shape index (κ1) is 18.3. The van der Waals surface area contributed by atoms with E-state index < -0.39 is 0 Å². The monoisotopic (exact) mass is 375 g/mol. The first-order chi connectivity index (χ1) is 13.8. The van der Waals surface area contributed by atoms with E-state index in [9.17, 15) is 0 Å². The second kappa shape index (κ2) is 8.31. The molecule has 144 valence electrons. The molecule has 1 aliphatic heterocycles. The largest absolute Gasteiger partial charge is 0.497 e. The van der Waals surface area contributed by atoms with E-state index in [1.54, 1.807) is 14.2 Å². The number of piperazine rings is 1. The van der Waals surface area contributed by atoms with E-state index >= 15 is 0 Å². The highest BCUT2D eigenvalue weighted by Crippen LogP contribution is 2.25. The molecule has 5 heteroatoms. The first-order valence-corrected chi connectivity index (χ1v) is 9.53. The maximum absolute atomic E-state index is 5.34. The molecule has 3 aromatic rings. The minimum Gasteiger partial charge on any atom is -0.497 e. The highest BCUT2D eigenvalue weighted by molar-refractivity contribution is 6.03. The van der Waals surface area contributed by atoms with Gasteiger partial charge in [-0.3, -0.25) is 0 Å². The molecule has 4 rings (SSSR count). The van der Waals surface area contributed by atoms with Crippen molar-refractivity contribution >= 4 is 22.3 Å². The minimum atomic E-state index is 0.835. The van der Waals surface area contributed by atoms with E-state index in [1.165, 1.54) is 5.39 Å². The summed E-state index contributed by atoms with van der Waals surface area (Å²) in [6.07, 6.45) is 0. The third-order valence-corrected chi connectivity index (χ3v) is 5.03. The Hall–Kier alpha value is -3.05. The van der Waals surface area contributed by atoms with Crippen molar-refractivity contribution in [3.8, 4) is 11.5 Å². The van der Waals surface area contributed by atoms with Gasteiger partial charge >= 0.3 is 0 Å². The van der Waals surface area contributed by atoms with Gasteiger partial charge in [-0.05, 0) is 53.2 Å². The molecule has 1 N–H and O–H groups in total. The predicted octanol–water partition coefficient (Wildman–Crippen LogP) is 3.84. The first-order valence-electron chi connectivity index (χ1n) is 9.53. The van der Waals surface area contributed by atoms with Crippen molar-refractivity contribution < 1.29 is 9.47 Å². The van der Waals surface area contributed by atoms with Crippen molar-refractivity contribution in [2.24, 2.45) is 4.99 Å². The van der Waals surface area contributed by atoms with Gasteiger partial charge in [-0.1, -0.05) is 18.2 Å². The molecule has 0 aliphatic carbocycles. The fraction of sp³-hybridized carbons (Fsp3) is 0.261. The molecule has 5 nitrogen and oxygen atoms in total. The normalized spacial score (nSPS) is 14.9. The average molecular weight is 375 g/mol. The Bertz CT molecular complexity index is 977. The molecule has 0 atom stereocenters. The van der Waals surface area contributed by atoms with Gasteiger partial charge in [-0.25, -0.2) is 4.99 Å². The smallest absolute Gasteiger partial charge is 0.136 e. The Balaban J connectivity index is 1.75. The summed E-state index contributed by atoms with van der Waals surface area (Å²) >= 11 is 0. The number of benzene rings is 3. The van der Waals surface area contributed by atoms with E-state index in [1.807, 2.05) is 30.3 Å². The van der Waals surface area contributed by atoms with Crippen LogP contribution in [-0.2, 0) is 0 Å². The summed E-state index contributed by atoms with van der Waals surface area (Å²) in [6.45, 7) is 3.81. The van der Waals surface area contributed by atoms with Gasteiger partial charge in [0.25, 0.3) is 0 Å². The molecular formula is C23H25N3O2. The molecule has 0 radical (unpaired) electrons. The van der Waals surface area contributed by atoms with Crippen molar-refractivity contribution in [3.63, 3.8) is 0 Å². The Kier molecular flexibility index (Phi) is 5.44. The lowest BCUT2D eigenvalue weighted by Gasteiger charge is -2.30. The highest BCUT2D eigenvalue weighted by atomic mass is 16.5. The summed E-state index contributed by atoms with van der Waals surface area (Å²) < 4.78 is 10.6. The molecule has 0 saturated carbocycles. The fourth-order valence-corrected chi connectivity index (χ4v) is 3.46. The third kappa shape index (κ3) is 3.94. The molecule has 28 heavy (non-hydrogen) atoms. The molecular weight excluding hydrogens is 350 g/mol. The van der Waals surface area contributed by atoms with Crippen LogP contribution in [0.1, 0.15) is 5.56 Å². The number of amidine groups is 1. The molecule has 0 spiro atoms. The van der Waals surface area contributed by atoms with Crippen LogP contribution < -0.4 is 14.8 Å². The summed E-state index contributed by atoms with van der Waals surface area (Å²) in [4.78, 5) is 7.36. The lowest BCUT2D eigenvalue weighted by molar-refractivity contribution is 0.358. The van der Waals surface area contributed by atoms with Crippen LogP contribution in [0.5, 0.6) is 11.5 Å². The van der Waals surface area contributed by atoms with Gasteiger partial charge in [0.2, 0.25) is 0 Å². The molecule has 1 fully saturated rings. The molecule has 0 bridgehead atoms. The van der Waals surface area contributed by atoms with Crippen molar-refractivity contribution in [2.75, 3.05) is 40.4 Å². The third-order valence-electron chi connectivity index (χ3n) is 5.03. The molecule has 0 unspecified atom stereocenters. The minimum absolute atomic E-state index is 0.835. The van der Waals surface area contributed by atoms with Crippen LogP contribution in [0.25, 0.3) is 10.8 Å². The highest BCUT2D eigenvalue weighted by Gasteiger charge is 2.17. The number of methoxy groups -OCH3 is 2. The van der Waals surface area contributed by atoms with Gasteiger partial charge in [0, 0.05) is 31.7 Å². The van der Waals surface area contributed by atoms with Crippen LogP contribution in [0.2, 0.25) is 0 Å². The van der Waals surface area contributed by atoms with Crippen LogP contribution in [-0.4, -0.2) is 51.1 Å². The quantitative estimate of drug-likeness (QED) is 0.556. The van der Waals surface area contributed by atoms with Crippen molar-refractivity contribution in [1.29, 1.82) is 0 Å². The Morgan fingerprint density at radius 3 is 2.18 bits per heavy atom. The predicted molar refractivity (Wildman–Crippen MR) is 114 cm³/mol. The summed E-state index contributed by atoms with van der Waals surface area (Å²) in [5.41, 5.74) is 2.04. The lowest BCUT2D eigenvalue weighted by Crippen LogP contribution is -2.46. The van der Waals surface area contributed by atoms with Gasteiger partial charge in [-0.2, -0.15) is 0 Å². The van der Waals surface area contributed by atoms with E-state index in [0.717, 1.165) is 60.2 Å². The number of nitrogens with one attached hydrogen (secondary N) is 1. The van der Waals surface area contributed by atoms with Crippen molar-refractivity contribution in [2.45, 2.75) is 0 Å². The zero-order chi connectivity index (χ0) is 19.3. The van der Waals surface area contributed by atoms with E-state index in [2.05, 4.69) is 40.5 Å². The Labute approximate surface area is 165 Å². The summed E-state index contributed by atoms with van der Waals surface area (Å²) in [5.74, 6) is 2.71. The van der Waals surface area contributed by atoms with Crippen LogP contribution in [0.3, 0.4) is 0 Å². The van der Waals surface area contributed by atoms with Crippen LogP contribution in [0.15, 0.2) is 65.7 Å². The molecule has 0 aromatic heterocycles. The SMILES string of the molecule is COc1ccc(N=C(c2ccc3cc(OC)ccc3c2)N2CCNCC2)cc1. The topological polar surface area (TPSA) is 46.1 Å². The van der Waals surface area contributed by atoms with E-state index in [0.29, 0.717) is 0 Å². The Morgan fingerprint density at radius 2 is 1.46 bits per heavy atom. The van der Waals surface area contributed by atoms with Gasteiger partial charge in [0.05, 0.1) is 19.9 Å². The number of fused-ring (bicyclic) bond motifs is 1. The fourth-order valence-electron chi connectivity index (χ4n) is 3.46. The summed E-state index contributed by atoms with van der Waals surface area (Å²) in [7, 11) is 3.37. The molecule has 1 aliphatic rings. The average Bonchev–Trinajstić information content (AvgIpc) is 2.77. The number of hydrogen-bond acceptors (Lipinski definition) is 4. The zero-order valence-corrected chi connectivity index (χ0v) is 16.3. The maximum atomic E-state index is 5.34. The van der Waals surface area contributed by atoms with Crippen LogP contribution >= 0.6 is 0 Å².